The van der Waals surface area contributed by atoms with Gasteiger partial charge in [0.05, 0.1) is 25.3 Å². The van der Waals surface area contributed by atoms with Gasteiger partial charge < -0.3 is 25.2 Å². The summed E-state index contributed by atoms with van der Waals surface area (Å²) in [6.45, 7) is 3.78. The van der Waals surface area contributed by atoms with Crippen molar-refractivity contribution in [2.75, 3.05) is 13.7 Å². The molecule has 0 unspecified atom stereocenters. The second-order valence-electron chi connectivity index (χ2n) is 4.69. The summed E-state index contributed by atoms with van der Waals surface area (Å²) in [6.07, 6.45) is 0. The average Bonchev–Trinajstić information content (AvgIpc) is 2.48. The summed E-state index contributed by atoms with van der Waals surface area (Å²) in [4.78, 5) is 23.7. The molecule has 2 rings (SSSR count). The van der Waals surface area contributed by atoms with E-state index in [0.717, 1.165) is 0 Å². The molecule has 1 heterocycles. The lowest BCUT2D eigenvalue weighted by atomic mass is 9.94. The van der Waals surface area contributed by atoms with Gasteiger partial charge >= 0.3 is 12.0 Å². The number of hydrogen-bond acceptors (Lipinski definition) is 5. The molecule has 1 aliphatic heterocycles. The van der Waals surface area contributed by atoms with E-state index in [1.54, 1.807) is 32.0 Å². The van der Waals surface area contributed by atoms with Gasteiger partial charge in [0.25, 0.3) is 0 Å². The Morgan fingerprint density at radius 3 is 2.77 bits per heavy atom. The quantitative estimate of drug-likeness (QED) is 0.734. The van der Waals surface area contributed by atoms with Crippen molar-refractivity contribution in [3.05, 3.63) is 35.0 Å². The molecule has 118 valence electrons. The third-order valence-corrected chi connectivity index (χ3v) is 3.32. The number of carbonyl (C=O) groups is 2. The highest BCUT2D eigenvalue weighted by Crippen LogP contribution is 2.38. The first-order valence-electron chi connectivity index (χ1n) is 6.80. The first-order valence-corrected chi connectivity index (χ1v) is 6.80. The molecule has 2 amide bonds. The summed E-state index contributed by atoms with van der Waals surface area (Å²) in [5, 5.41) is 15.5. The third kappa shape index (κ3) is 2.83. The number of benzene rings is 1. The Kier molecular flexibility index (Phi) is 4.55. The average molecular weight is 306 g/mol. The number of urea groups is 1. The Morgan fingerprint density at radius 1 is 1.41 bits per heavy atom. The summed E-state index contributed by atoms with van der Waals surface area (Å²) >= 11 is 0. The van der Waals surface area contributed by atoms with Gasteiger partial charge in [-0.1, -0.05) is 12.1 Å². The number of ether oxygens (including phenoxy) is 2. The molecule has 0 spiro atoms. The van der Waals surface area contributed by atoms with E-state index in [-0.39, 0.29) is 17.1 Å². The van der Waals surface area contributed by atoms with E-state index in [1.807, 2.05) is 0 Å². The second-order valence-corrected chi connectivity index (χ2v) is 4.69. The molecule has 1 aromatic carbocycles. The van der Waals surface area contributed by atoms with Gasteiger partial charge in [0.15, 0.2) is 11.5 Å². The van der Waals surface area contributed by atoms with E-state index in [4.69, 9.17) is 9.47 Å². The Balaban J connectivity index is 2.53. The molecule has 1 atom stereocenters. The molecular weight excluding hydrogens is 288 g/mol. The van der Waals surface area contributed by atoms with Crippen molar-refractivity contribution in [1.29, 1.82) is 0 Å². The number of para-hydroxylation sites is 1. The predicted octanol–water partition coefficient (Wildman–Crippen LogP) is 1.59. The molecule has 0 radical (unpaired) electrons. The number of nitrogens with one attached hydrogen (secondary N) is 2. The van der Waals surface area contributed by atoms with E-state index >= 15 is 0 Å². The van der Waals surface area contributed by atoms with Crippen molar-refractivity contribution in [1.82, 2.24) is 10.6 Å². The number of phenols is 1. The number of allylic oxidation sites excluding steroid dienone is 1. The first kappa shape index (κ1) is 15.7. The third-order valence-electron chi connectivity index (χ3n) is 3.32. The molecule has 0 aliphatic carbocycles. The summed E-state index contributed by atoms with van der Waals surface area (Å²) in [7, 11) is 1.26. The van der Waals surface area contributed by atoms with Gasteiger partial charge in [-0.2, -0.15) is 0 Å². The Bertz CT molecular complexity index is 639. The highest BCUT2D eigenvalue weighted by atomic mass is 16.5. The summed E-state index contributed by atoms with van der Waals surface area (Å²) < 4.78 is 10.1. The smallest absolute Gasteiger partial charge is 0.337 e. The van der Waals surface area contributed by atoms with Crippen LogP contribution in [0.3, 0.4) is 0 Å². The van der Waals surface area contributed by atoms with Crippen molar-refractivity contribution < 1.29 is 24.2 Å². The fourth-order valence-electron chi connectivity index (χ4n) is 2.35. The van der Waals surface area contributed by atoms with Gasteiger partial charge in [-0.25, -0.2) is 9.59 Å². The molecule has 1 aliphatic rings. The number of phenolic OH excluding ortho intramolecular Hbond substituents is 1. The maximum Gasteiger partial charge on any atom is 0.337 e. The fourth-order valence-corrected chi connectivity index (χ4v) is 2.35. The van der Waals surface area contributed by atoms with Crippen LogP contribution in [0.15, 0.2) is 29.5 Å². The van der Waals surface area contributed by atoms with Crippen molar-refractivity contribution in [3.8, 4) is 11.5 Å². The Hall–Kier alpha value is -2.70. The number of aromatic hydroxyl groups is 1. The molecular formula is C15H18N2O5. The van der Waals surface area contributed by atoms with Crippen LogP contribution in [-0.4, -0.2) is 30.8 Å². The summed E-state index contributed by atoms with van der Waals surface area (Å²) in [6, 6.07) is 3.63. The lowest BCUT2D eigenvalue weighted by Crippen LogP contribution is -2.45. The van der Waals surface area contributed by atoms with Gasteiger partial charge in [-0.3, -0.25) is 0 Å². The molecule has 3 N–H and O–H groups in total. The van der Waals surface area contributed by atoms with Gasteiger partial charge in [0, 0.05) is 11.3 Å². The van der Waals surface area contributed by atoms with E-state index in [9.17, 15) is 14.7 Å². The SMILES string of the molecule is CCOc1cccc([C@H]2NC(=O)NC(C)=C2C(=O)OC)c1O. The van der Waals surface area contributed by atoms with Crippen LogP contribution in [0, 0.1) is 0 Å². The number of esters is 1. The van der Waals surface area contributed by atoms with Crippen LogP contribution < -0.4 is 15.4 Å². The van der Waals surface area contributed by atoms with Gasteiger partial charge in [-0.05, 0) is 19.9 Å². The monoisotopic (exact) mass is 306 g/mol. The van der Waals surface area contributed by atoms with Crippen molar-refractivity contribution in [2.24, 2.45) is 0 Å². The second kappa shape index (κ2) is 6.38. The minimum Gasteiger partial charge on any atom is -0.504 e. The topological polar surface area (TPSA) is 96.9 Å². The number of carbonyl (C=O) groups excluding carboxylic acids is 2. The van der Waals surface area contributed by atoms with Crippen LogP contribution in [-0.2, 0) is 9.53 Å². The van der Waals surface area contributed by atoms with E-state index < -0.39 is 18.0 Å². The first-order chi connectivity index (χ1) is 10.5. The highest BCUT2D eigenvalue weighted by Gasteiger charge is 2.33. The van der Waals surface area contributed by atoms with Crippen molar-refractivity contribution in [3.63, 3.8) is 0 Å². The lowest BCUT2D eigenvalue weighted by Gasteiger charge is -2.28. The van der Waals surface area contributed by atoms with E-state index in [2.05, 4.69) is 10.6 Å². The van der Waals surface area contributed by atoms with Gasteiger partial charge in [-0.15, -0.1) is 0 Å². The molecule has 0 aromatic heterocycles. The zero-order chi connectivity index (χ0) is 16.3. The minimum absolute atomic E-state index is 0.120. The molecule has 22 heavy (non-hydrogen) atoms. The molecule has 0 saturated heterocycles. The normalized spacial score (nSPS) is 17.6. The van der Waals surface area contributed by atoms with Gasteiger partial charge in [0.1, 0.15) is 0 Å². The summed E-state index contributed by atoms with van der Waals surface area (Å²) in [5.41, 5.74) is 0.966. The predicted molar refractivity (Wildman–Crippen MR) is 78.4 cm³/mol. The van der Waals surface area contributed by atoms with Crippen LogP contribution in [0.5, 0.6) is 11.5 Å². The highest BCUT2D eigenvalue weighted by molar-refractivity contribution is 5.95. The van der Waals surface area contributed by atoms with Crippen LogP contribution in [0.4, 0.5) is 4.79 Å². The molecule has 1 aromatic rings. The van der Waals surface area contributed by atoms with Gasteiger partial charge in [0.2, 0.25) is 0 Å². The molecule has 0 bridgehead atoms. The summed E-state index contributed by atoms with van der Waals surface area (Å²) in [5.74, 6) is -0.420. The zero-order valence-electron chi connectivity index (χ0n) is 12.6. The molecule has 0 fully saturated rings. The molecule has 0 saturated carbocycles. The number of amides is 2. The van der Waals surface area contributed by atoms with Crippen molar-refractivity contribution >= 4 is 12.0 Å². The standard InChI is InChI=1S/C15H18N2O5/c1-4-22-10-7-5-6-9(13(10)18)12-11(14(19)21-3)8(2)16-15(20)17-12/h5-7,12,18H,4H2,1-3H3,(H2,16,17,20)/t12-/m1/s1. The minimum atomic E-state index is -0.818. The van der Waals surface area contributed by atoms with Crippen LogP contribution in [0.1, 0.15) is 25.5 Å². The number of methoxy groups -OCH3 is 1. The van der Waals surface area contributed by atoms with Crippen LogP contribution in [0.25, 0.3) is 0 Å². The van der Waals surface area contributed by atoms with E-state index in [0.29, 0.717) is 17.9 Å². The maximum absolute atomic E-state index is 12.0. The van der Waals surface area contributed by atoms with Crippen LogP contribution in [0.2, 0.25) is 0 Å². The Labute approximate surface area is 127 Å². The Morgan fingerprint density at radius 2 is 2.14 bits per heavy atom. The van der Waals surface area contributed by atoms with Crippen LogP contribution >= 0.6 is 0 Å². The van der Waals surface area contributed by atoms with E-state index in [1.165, 1.54) is 7.11 Å². The largest absolute Gasteiger partial charge is 0.504 e. The van der Waals surface area contributed by atoms with Crippen molar-refractivity contribution in [2.45, 2.75) is 19.9 Å². The molecule has 7 nitrogen and oxygen atoms in total. The zero-order valence-corrected chi connectivity index (χ0v) is 12.6. The lowest BCUT2D eigenvalue weighted by molar-refractivity contribution is -0.136. The number of hydrogen-bond donors (Lipinski definition) is 3. The maximum atomic E-state index is 12.0. The molecule has 7 heteroatoms. The number of rotatable bonds is 4. The fraction of sp³-hybridized carbons (Fsp3) is 0.333.